The number of halogens is 1. The van der Waals surface area contributed by atoms with Gasteiger partial charge in [-0.15, -0.1) is 35.3 Å². The van der Waals surface area contributed by atoms with E-state index in [1.54, 1.807) is 0 Å². The summed E-state index contributed by atoms with van der Waals surface area (Å²) in [6.07, 6.45) is 8.24. The lowest BCUT2D eigenvalue weighted by molar-refractivity contribution is 0.0176. The van der Waals surface area contributed by atoms with Gasteiger partial charge in [-0.2, -0.15) is 0 Å². The molecule has 2 fully saturated rings. The van der Waals surface area contributed by atoms with Crippen molar-refractivity contribution in [1.29, 1.82) is 0 Å². The average molecular weight is 537 g/mol. The molecule has 1 saturated heterocycles. The molecule has 2 N–H and O–H groups in total. The van der Waals surface area contributed by atoms with E-state index in [0.717, 1.165) is 52.0 Å². The molecule has 6 nitrogen and oxygen atoms in total. The zero-order chi connectivity index (χ0) is 19.4. The lowest BCUT2D eigenvalue weighted by atomic mass is 10.1. The van der Waals surface area contributed by atoms with E-state index in [9.17, 15) is 0 Å². The van der Waals surface area contributed by atoms with Gasteiger partial charge in [-0.25, -0.2) is 0 Å². The molecule has 166 valence electrons. The lowest BCUT2D eigenvalue weighted by Gasteiger charge is -2.34. The number of thiophene rings is 1. The minimum Gasteiger partial charge on any atom is -0.379 e. The number of nitrogens with zero attached hydrogens (tertiary/aromatic N) is 2. The third kappa shape index (κ3) is 8.69. The number of ether oxygens (including phenoxy) is 2. The van der Waals surface area contributed by atoms with Crippen LogP contribution in [0.3, 0.4) is 0 Å². The van der Waals surface area contributed by atoms with Crippen LogP contribution in [0, 0.1) is 0 Å². The molecule has 0 aromatic carbocycles. The monoisotopic (exact) mass is 536 g/mol. The SMILES string of the molecule is CN=C(NCCOC1CCCCCC1)NCC(c1cccs1)N1CCOCC1.I. The molecule has 1 aliphatic heterocycles. The van der Waals surface area contributed by atoms with Crippen molar-refractivity contribution in [3.8, 4) is 0 Å². The van der Waals surface area contributed by atoms with Crippen LogP contribution in [-0.2, 0) is 9.47 Å². The summed E-state index contributed by atoms with van der Waals surface area (Å²) >= 11 is 1.82. The fourth-order valence-electron chi connectivity index (χ4n) is 4.00. The minimum absolute atomic E-state index is 0. The Bertz CT molecular complexity index is 559. The van der Waals surface area contributed by atoms with Crippen LogP contribution in [0.2, 0.25) is 0 Å². The van der Waals surface area contributed by atoms with Gasteiger partial charge in [0.1, 0.15) is 0 Å². The van der Waals surface area contributed by atoms with E-state index in [-0.39, 0.29) is 24.0 Å². The third-order valence-electron chi connectivity index (χ3n) is 5.59. The van der Waals surface area contributed by atoms with Crippen LogP contribution < -0.4 is 10.6 Å². The molecule has 2 aliphatic rings. The van der Waals surface area contributed by atoms with Crippen molar-refractivity contribution in [1.82, 2.24) is 15.5 Å². The predicted molar refractivity (Wildman–Crippen MR) is 132 cm³/mol. The van der Waals surface area contributed by atoms with Crippen LogP contribution in [0.25, 0.3) is 0 Å². The largest absolute Gasteiger partial charge is 0.379 e. The number of nitrogens with one attached hydrogen (secondary N) is 2. The molecule has 1 aromatic heterocycles. The maximum atomic E-state index is 6.07. The summed E-state index contributed by atoms with van der Waals surface area (Å²) in [5, 5.41) is 9.07. The van der Waals surface area contributed by atoms with Crippen molar-refractivity contribution in [3.63, 3.8) is 0 Å². The summed E-state index contributed by atoms with van der Waals surface area (Å²) in [7, 11) is 1.83. The van der Waals surface area contributed by atoms with Crippen LogP contribution in [0.4, 0.5) is 0 Å². The quantitative estimate of drug-likeness (QED) is 0.175. The van der Waals surface area contributed by atoms with Crippen molar-refractivity contribution in [2.24, 2.45) is 4.99 Å². The number of guanidine groups is 1. The Balaban J connectivity index is 0.00000300. The third-order valence-corrected chi connectivity index (χ3v) is 6.57. The van der Waals surface area contributed by atoms with Crippen LogP contribution in [0.1, 0.15) is 49.4 Å². The summed E-state index contributed by atoms with van der Waals surface area (Å²) in [4.78, 5) is 8.28. The van der Waals surface area contributed by atoms with Gasteiger partial charge in [-0.1, -0.05) is 31.7 Å². The van der Waals surface area contributed by atoms with Crippen LogP contribution in [-0.4, -0.2) is 70.0 Å². The van der Waals surface area contributed by atoms with Crippen molar-refractivity contribution in [2.45, 2.75) is 50.7 Å². The number of morpholine rings is 1. The Morgan fingerprint density at radius 1 is 1.24 bits per heavy atom. The van der Waals surface area contributed by atoms with Gasteiger partial charge in [-0.3, -0.25) is 9.89 Å². The standard InChI is InChI=1S/C21H36N4O2S.HI/c1-22-21(23-10-13-27-18-7-4-2-3-5-8-18)24-17-19(20-9-6-16-28-20)25-11-14-26-15-12-25;/h6,9,16,18-19H,2-5,7-8,10-15,17H2,1H3,(H2,22,23,24);1H. The van der Waals surface area contributed by atoms with Gasteiger partial charge in [0, 0.05) is 38.1 Å². The highest BCUT2D eigenvalue weighted by Crippen LogP contribution is 2.25. The van der Waals surface area contributed by atoms with Crippen LogP contribution in [0.15, 0.2) is 22.5 Å². The van der Waals surface area contributed by atoms with Gasteiger partial charge >= 0.3 is 0 Å². The number of aliphatic imine (C=N–C) groups is 1. The highest BCUT2D eigenvalue weighted by molar-refractivity contribution is 14.0. The van der Waals surface area contributed by atoms with Crippen molar-refractivity contribution < 1.29 is 9.47 Å². The lowest BCUT2D eigenvalue weighted by Crippen LogP contribution is -2.46. The maximum absolute atomic E-state index is 6.07. The van der Waals surface area contributed by atoms with E-state index < -0.39 is 0 Å². The first-order valence-corrected chi connectivity index (χ1v) is 11.7. The molecule has 8 heteroatoms. The normalized spacial score (nSPS) is 20.5. The van der Waals surface area contributed by atoms with E-state index in [2.05, 4.69) is 38.0 Å². The van der Waals surface area contributed by atoms with Gasteiger partial charge in [0.05, 0.1) is 32.0 Å². The van der Waals surface area contributed by atoms with E-state index in [1.165, 1.54) is 43.4 Å². The fraction of sp³-hybridized carbons (Fsp3) is 0.762. The molecule has 1 aromatic rings. The van der Waals surface area contributed by atoms with E-state index in [1.807, 2.05) is 18.4 Å². The Kier molecular flexibility index (Phi) is 12.5. The molecule has 1 aliphatic carbocycles. The average Bonchev–Trinajstić information content (AvgIpc) is 3.14. The van der Waals surface area contributed by atoms with Gasteiger partial charge in [0.25, 0.3) is 0 Å². The van der Waals surface area contributed by atoms with E-state index in [4.69, 9.17) is 9.47 Å². The van der Waals surface area contributed by atoms with Gasteiger partial charge < -0.3 is 20.1 Å². The van der Waals surface area contributed by atoms with Gasteiger partial charge in [-0.05, 0) is 24.3 Å². The topological polar surface area (TPSA) is 58.1 Å². The first-order chi connectivity index (χ1) is 13.9. The second-order valence-corrected chi connectivity index (χ2v) is 8.52. The smallest absolute Gasteiger partial charge is 0.191 e. The number of hydrogen-bond acceptors (Lipinski definition) is 5. The van der Waals surface area contributed by atoms with Crippen molar-refractivity contribution in [2.75, 3.05) is 53.0 Å². The molecular formula is C21H37IN4O2S. The predicted octanol–water partition coefficient (Wildman–Crippen LogP) is 3.64. The van der Waals surface area contributed by atoms with Crippen LogP contribution in [0.5, 0.6) is 0 Å². The molecule has 2 heterocycles. The first-order valence-electron chi connectivity index (χ1n) is 10.8. The Labute approximate surface area is 196 Å². The molecule has 0 radical (unpaired) electrons. The second kappa shape index (κ2) is 14.6. The molecule has 3 rings (SSSR count). The minimum atomic E-state index is 0. The van der Waals surface area contributed by atoms with Crippen LogP contribution >= 0.6 is 35.3 Å². The highest BCUT2D eigenvalue weighted by atomic mass is 127. The molecule has 1 saturated carbocycles. The second-order valence-electron chi connectivity index (χ2n) is 7.54. The fourth-order valence-corrected chi connectivity index (χ4v) is 4.86. The summed E-state index contributed by atoms with van der Waals surface area (Å²) in [5.41, 5.74) is 0. The van der Waals surface area contributed by atoms with Gasteiger partial charge in [0.2, 0.25) is 0 Å². The molecule has 0 spiro atoms. The maximum Gasteiger partial charge on any atom is 0.191 e. The molecule has 1 atom stereocenters. The zero-order valence-electron chi connectivity index (χ0n) is 17.6. The summed E-state index contributed by atoms with van der Waals surface area (Å²) in [5.74, 6) is 0.847. The first kappa shape index (κ1) is 24.8. The van der Waals surface area contributed by atoms with Crippen molar-refractivity contribution in [3.05, 3.63) is 22.4 Å². The molecule has 1 unspecified atom stereocenters. The Morgan fingerprint density at radius 3 is 2.66 bits per heavy atom. The highest BCUT2D eigenvalue weighted by Gasteiger charge is 2.23. The Morgan fingerprint density at radius 2 is 2.00 bits per heavy atom. The summed E-state index contributed by atoms with van der Waals surface area (Å²) < 4.78 is 11.6. The zero-order valence-corrected chi connectivity index (χ0v) is 20.8. The molecule has 29 heavy (non-hydrogen) atoms. The Hall–Kier alpha value is -0.420. The van der Waals surface area contributed by atoms with Gasteiger partial charge in [0.15, 0.2) is 5.96 Å². The summed E-state index contributed by atoms with van der Waals surface area (Å²) in [6.45, 7) is 5.95. The van der Waals surface area contributed by atoms with E-state index >= 15 is 0 Å². The molecular weight excluding hydrogens is 499 g/mol. The van der Waals surface area contributed by atoms with E-state index in [0.29, 0.717) is 12.1 Å². The molecule has 0 amide bonds. The number of rotatable bonds is 8. The number of hydrogen-bond donors (Lipinski definition) is 2. The molecule has 0 bridgehead atoms. The summed E-state index contributed by atoms with van der Waals surface area (Å²) in [6, 6.07) is 4.71. The van der Waals surface area contributed by atoms with Crippen molar-refractivity contribution >= 4 is 41.3 Å².